The van der Waals surface area contributed by atoms with Crippen LogP contribution in [0.1, 0.15) is 79.6 Å². The minimum Gasteiger partial charge on any atom is -0.374 e. The van der Waals surface area contributed by atoms with E-state index in [0.717, 1.165) is 17.8 Å². The first-order valence-electron chi connectivity index (χ1n) is 10.2. The highest BCUT2D eigenvalue weighted by Crippen LogP contribution is 2.60. The van der Waals surface area contributed by atoms with Crippen molar-refractivity contribution in [1.29, 1.82) is 0 Å². The Bertz CT molecular complexity index is 530. The van der Waals surface area contributed by atoms with E-state index in [0.29, 0.717) is 11.3 Å². The van der Waals surface area contributed by atoms with Crippen LogP contribution in [0.2, 0.25) is 0 Å². The average Bonchev–Trinajstić information content (AvgIpc) is 3.04. The molecular weight excluding hydrogens is 292 g/mol. The third kappa shape index (κ3) is 2.91. The zero-order chi connectivity index (χ0) is 17.5. The Labute approximate surface area is 149 Å². The number of ether oxygens (including phenoxy) is 1. The van der Waals surface area contributed by atoms with Crippen molar-refractivity contribution in [3.8, 4) is 0 Å². The van der Waals surface area contributed by atoms with Crippen LogP contribution < -0.4 is 0 Å². The Hall–Kier alpha value is -0.560. The maximum atomic E-state index is 5.81. The van der Waals surface area contributed by atoms with Gasteiger partial charge >= 0.3 is 0 Å². The third-order valence-electron chi connectivity index (χ3n) is 8.19. The molecule has 3 aliphatic carbocycles. The highest BCUT2D eigenvalue weighted by molar-refractivity contribution is 5.22. The Balaban J connectivity index is 1.69. The standard InChI is InChI=1S/C23H38O/c1-7-19-9-8-12-22(4)20(10-11-21(19)22)16(2)13-18-14-17(3)23(5,15-18)24-6/h7,14,16,18,20-21H,8-13,15H2,1-6H3/b19-7+/t16-,18?,20-,21?,22-,23?/m1/s1. The number of methoxy groups -OCH3 is 1. The third-order valence-corrected chi connectivity index (χ3v) is 8.19. The predicted octanol–water partition coefficient (Wildman–Crippen LogP) is 6.55. The molecule has 2 fully saturated rings. The summed E-state index contributed by atoms with van der Waals surface area (Å²) in [6.45, 7) is 11.9. The summed E-state index contributed by atoms with van der Waals surface area (Å²) < 4.78 is 5.81. The van der Waals surface area contributed by atoms with Crippen molar-refractivity contribution in [2.24, 2.45) is 29.1 Å². The largest absolute Gasteiger partial charge is 0.374 e. The van der Waals surface area contributed by atoms with E-state index in [2.05, 4.69) is 46.8 Å². The molecule has 2 saturated carbocycles. The molecule has 0 amide bonds. The molecule has 3 rings (SSSR count). The fourth-order valence-electron chi connectivity index (χ4n) is 6.65. The van der Waals surface area contributed by atoms with Gasteiger partial charge in [0.2, 0.25) is 0 Å². The highest BCUT2D eigenvalue weighted by atomic mass is 16.5. The maximum Gasteiger partial charge on any atom is 0.0862 e. The van der Waals surface area contributed by atoms with Crippen LogP contribution in [0.15, 0.2) is 23.3 Å². The van der Waals surface area contributed by atoms with Crippen LogP contribution in [-0.4, -0.2) is 12.7 Å². The number of hydrogen-bond donors (Lipinski definition) is 0. The molecule has 136 valence electrons. The van der Waals surface area contributed by atoms with E-state index < -0.39 is 0 Å². The molecule has 0 saturated heterocycles. The van der Waals surface area contributed by atoms with Gasteiger partial charge in [-0.25, -0.2) is 0 Å². The van der Waals surface area contributed by atoms with Crippen LogP contribution in [0.4, 0.5) is 0 Å². The van der Waals surface area contributed by atoms with Gasteiger partial charge in [-0.05, 0) is 100 Å². The lowest BCUT2D eigenvalue weighted by molar-refractivity contribution is 0.0276. The summed E-state index contributed by atoms with van der Waals surface area (Å²) in [5.74, 6) is 3.30. The van der Waals surface area contributed by atoms with Gasteiger partial charge in [-0.15, -0.1) is 0 Å². The average molecular weight is 331 g/mol. The summed E-state index contributed by atoms with van der Waals surface area (Å²) in [6, 6.07) is 0. The van der Waals surface area contributed by atoms with E-state index in [9.17, 15) is 0 Å². The van der Waals surface area contributed by atoms with Gasteiger partial charge in [-0.3, -0.25) is 0 Å². The van der Waals surface area contributed by atoms with Gasteiger partial charge in [0.1, 0.15) is 0 Å². The first-order valence-corrected chi connectivity index (χ1v) is 10.2. The van der Waals surface area contributed by atoms with Gasteiger partial charge in [0.05, 0.1) is 5.60 Å². The lowest BCUT2D eigenvalue weighted by Gasteiger charge is -2.44. The molecule has 1 nitrogen and oxygen atoms in total. The fourth-order valence-corrected chi connectivity index (χ4v) is 6.65. The minimum absolute atomic E-state index is 0.0184. The van der Waals surface area contributed by atoms with Crippen LogP contribution in [0.3, 0.4) is 0 Å². The van der Waals surface area contributed by atoms with Crippen molar-refractivity contribution in [3.05, 3.63) is 23.3 Å². The molecule has 3 aliphatic rings. The van der Waals surface area contributed by atoms with Crippen molar-refractivity contribution in [2.75, 3.05) is 7.11 Å². The molecule has 0 aromatic heterocycles. The van der Waals surface area contributed by atoms with E-state index in [-0.39, 0.29) is 5.60 Å². The predicted molar refractivity (Wildman–Crippen MR) is 103 cm³/mol. The van der Waals surface area contributed by atoms with Crippen molar-refractivity contribution < 1.29 is 4.74 Å². The molecule has 0 N–H and O–H groups in total. The van der Waals surface area contributed by atoms with Crippen LogP contribution >= 0.6 is 0 Å². The van der Waals surface area contributed by atoms with Gasteiger partial charge in [0.25, 0.3) is 0 Å². The SMILES string of the molecule is C/C=C1\CCC[C@@]2(C)C1CC[C@@H]2[C@H](C)CC1C=C(C)C(C)(OC)C1. The number of allylic oxidation sites excluding steroid dienone is 3. The normalized spacial score (nSPS) is 45.3. The molecule has 0 bridgehead atoms. The van der Waals surface area contributed by atoms with Gasteiger partial charge in [0.15, 0.2) is 0 Å². The molecule has 0 spiro atoms. The quantitative estimate of drug-likeness (QED) is 0.531. The van der Waals surface area contributed by atoms with Crippen molar-refractivity contribution in [2.45, 2.75) is 85.2 Å². The molecule has 6 atom stereocenters. The first kappa shape index (κ1) is 18.2. The Morgan fingerprint density at radius 3 is 2.71 bits per heavy atom. The molecule has 1 heteroatoms. The topological polar surface area (TPSA) is 9.23 Å². The first-order chi connectivity index (χ1) is 11.3. The van der Waals surface area contributed by atoms with Crippen molar-refractivity contribution in [1.82, 2.24) is 0 Å². The van der Waals surface area contributed by atoms with E-state index in [1.807, 2.05) is 7.11 Å². The minimum atomic E-state index is -0.0184. The zero-order valence-corrected chi connectivity index (χ0v) is 16.8. The van der Waals surface area contributed by atoms with E-state index in [4.69, 9.17) is 4.74 Å². The van der Waals surface area contributed by atoms with E-state index in [1.165, 1.54) is 50.5 Å². The molecule has 3 unspecified atom stereocenters. The molecule has 0 heterocycles. The van der Waals surface area contributed by atoms with Crippen LogP contribution in [0.25, 0.3) is 0 Å². The lowest BCUT2D eigenvalue weighted by atomic mass is 9.60. The van der Waals surface area contributed by atoms with Crippen LogP contribution in [0.5, 0.6) is 0 Å². The second kappa shape index (κ2) is 6.63. The van der Waals surface area contributed by atoms with Crippen LogP contribution in [0, 0.1) is 29.1 Å². The second-order valence-electron chi connectivity index (χ2n) is 9.42. The lowest BCUT2D eigenvalue weighted by Crippen LogP contribution is -2.36. The van der Waals surface area contributed by atoms with Gasteiger partial charge < -0.3 is 4.74 Å². The summed E-state index contributed by atoms with van der Waals surface area (Å²) in [5.41, 5.74) is 3.74. The molecule has 24 heavy (non-hydrogen) atoms. The summed E-state index contributed by atoms with van der Waals surface area (Å²) in [6.07, 6.45) is 14.5. The van der Waals surface area contributed by atoms with Gasteiger partial charge in [-0.1, -0.05) is 31.6 Å². The Morgan fingerprint density at radius 2 is 2.08 bits per heavy atom. The molecular formula is C23H38O. The number of rotatable bonds is 4. The van der Waals surface area contributed by atoms with E-state index >= 15 is 0 Å². The van der Waals surface area contributed by atoms with Crippen LogP contribution in [-0.2, 0) is 4.74 Å². The molecule has 0 aromatic carbocycles. The zero-order valence-electron chi connectivity index (χ0n) is 16.8. The fraction of sp³-hybridized carbons (Fsp3) is 0.826. The summed E-state index contributed by atoms with van der Waals surface area (Å²) in [4.78, 5) is 0. The number of hydrogen-bond acceptors (Lipinski definition) is 1. The molecule has 0 radical (unpaired) electrons. The van der Waals surface area contributed by atoms with Gasteiger partial charge in [-0.2, -0.15) is 0 Å². The summed E-state index contributed by atoms with van der Waals surface area (Å²) in [5, 5.41) is 0. The monoisotopic (exact) mass is 330 g/mol. The van der Waals surface area contributed by atoms with E-state index in [1.54, 1.807) is 5.57 Å². The Morgan fingerprint density at radius 1 is 1.33 bits per heavy atom. The summed E-state index contributed by atoms with van der Waals surface area (Å²) >= 11 is 0. The number of fused-ring (bicyclic) bond motifs is 1. The summed E-state index contributed by atoms with van der Waals surface area (Å²) in [7, 11) is 1.87. The van der Waals surface area contributed by atoms with Crippen molar-refractivity contribution >= 4 is 0 Å². The smallest absolute Gasteiger partial charge is 0.0862 e. The molecule has 0 aromatic rings. The molecule has 0 aliphatic heterocycles. The van der Waals surface area contributed by atoms with Crippen molar-refractivity contribution in [3.63, 3.8) is 0 Å². The maximum absolute atomic E-state index is 5.81. The van der Waals surface area contributed by atoms with Gasteiger partial charge in [0, 0.05) is 7.11 Å². The second-order valence-corrected chi connectivity index (χ2v) is 9.42. The Kier molecular flexibility index (Phi) is 5.04. The highest BCUT2D eigenvalue weighted by Gasteiger charge is 2.51.